The Labute approximate surface area is 89.0 Å². The van der Waals surface area contributed by atoms with Gasteiger partial charge in [-0.3, -0.25) is 4.79 Å². The second-order valence-electron chi connectivity index (χ2n) is 3.05. The summed E-state index contributed by atoms with van der Waals surface area (Å²) < 4.78 is 4.97. The fourth-order valence-corrected chi connectivity index (χ4v) is 1.33. The molecule has 0 aromatic heterocycles. The molecule has 15 heavy (non-hydrogen) atoms. The zero-order valence-corrected chi connectivity index (χ0v) is 8.86. The zero-order valence-electron chi connectivity index (χ0n) is 8.86. The Hall–Kier alpha value is -1.77. The summed E-state index contributed by atoms with van der Waals surface area (Å²) in [7, 11) is 1.43. The Morgan fingerprint density at radius 2 is 2.20 bits per heavy atom. The number of phenolic OH excluding ortho intramolecular Hbond substituents is 1. The van der Waals surface area contributed by atoms with Gasteiger partial charge in [0, 0.05) is 0 Å². The fourth-order valence-electron chi connectivity index (χ4n) is 1.33. The summed E-state index contributed by atoms with van der Waals surface area (Å²) in [6.45, 7) is 2.01. The third-order valence-corrected chi connectivity index (χ3v) is 2.06. The van der Waals surface area contributed by atoms with Gasteiger partial charge in [0.15, 0.2) is 17.8 Å². The van der Waals surface area contributed by atoms with Gasteiger partial charge in [0.2, 0.25) is 0 Å². The molecule has 0 radical (unpaired) electrons. The first-order valence-electron chi connectivity index (χ1n) is 4.76. The number of hydrogen-bond acceptors (Lipinski definition) is 3. The van der Waals surface area contributed by atoms with E-state index in [9.17, 15) is 9.90 Å². The van der Waals surface area contributed by atoms with Crippen LogP contribution in [0.15, 0.2) is 18.2 Å². The monoisotopic (exact) mass is 206 g/mol. The summed E-state index contributed by atoms with van der Waals surface area (Å²) in [6, 6.07) is 3.20. The number of aromatic hydroxyl groups is 1. The van der Waals surface area contributed by atoms with Gasteiger partial charge in [-0.15, -0.1) is 0 Å². The first-order valence-corrected chi connectivity index (χ1v) is 4.76. The molecule has 0 unspecified atom stereocenters. The summed E-state index contributed by atoms with van der Waals surface area (Å²) >= 11 is 0. The SMILES string of the molecule is CC/C=C/c1ccc(O)c(OC)c1C=O. The maximum atomic E-state index is 10.9. The van der Waals surface area contributed by atoms with Gasteiger partial charge in [0.25, 0.3) is 0 Å². The van der Waals surface area contributed by atoms with E-state index >= 15 is 0 Å². The Morgan fingerprint density at radius 1 is 1.47 bits per heavy atom. The van der Waals surface area contributed by atoms with Gasteiger partial charge in [0.1, 0.15) is 0 Å². The first-order chi connectivity index (χ1) is 7.24. The molecule has 0 saturated carbocycles. The predicted octanol–water partition coefficient (Wildman–Crippen LogP) is 2.64. The van der Waals surface area contributed by atoms with Gasteiger partial charge in [-0.1, -0.05) is 25.1 Å². The van der Waals surface area contributed by atoms with Gasteiger partial charge >= 0.3 is 0 Å². The van der Waals surface area contributed by atoms with Crippen molar-refractivity contribution in [3.8, 4) is 11.5 Å². The summed E-state index contributed by atoms with van der Waals surface area (Å²) in [5.41, 5.74) is 1.13. The molecule has 0 bridgehead atoms. The third-order valence-electron chi connectivity index (χ3n) is 2.06. The topological polar surface area (TPSA) is 46.5 Å². The predicted molar refractivity (Wildman–Crippen MR) is 59.4 cm³/mol. The van der Waals surface area contributed by atoms with Crippen LogP contribution in [0, 0.1) is 0 Å². The van der Waals surface area contributed by atoms with Gasteiger partial charge in [-0.25, -0.2) is 0 Å². The molecule has 1 aromatic carbocycles. The number of benzene rings is 1. The molecular weight excluding hydrogens is 192 g/mol. The van der Waals surface area contributed by atoms with E-state index in [1.807, 2.05) is 19.1 Å². The van der Waals surface area contributed by atoms with Crippen LogP contribution in [0.5, 0.6) is 11.5 Å². The number of allylic oxidation sites excluding steroid dienone is 1. The lowest BCUT2D eigenvalue weighted by Gasteiger charge is -2.08. The summed E-state index contributed by atoms with van der Waals surface area (Å²) in [5, 5.41) is 9.46. The number of hydrogen-bond donors (Lipinski definition) is 1. The highest BCUT2D eigenvalue weighted by Crippen LogP contribution is 2.31. The summed E-state index contributed by atoms with van der Waals surface area (Å²) in [6.07, 6.45) is 5.36. The average molecular weight is 206 g/mol. The van der Waals surface area contributed by atoms with E-state index in [2.05, 4.69) is 0 Å². The minimum absolute atomic E-state index is 0.0201. The van der Waals surface area contributed by atoms with E-state index in [-0.39, 0.29) is 11.5 Å². The van der Waals surface area contributed by atoms with Gasteiger partial charge in [-0.05, 0) is 18.1 Å². The van der Waals surface area contributed by atoms with Crippen molar-refractivity contribution in [3.05, 3.63) is 29.3 Å². The van der Waals surface area contributed by atoms with Crippen LogP contribution in [-0.2, 0) is 0 Å². The molecular formula is C12H14O3. The van der Waals surface area contributed by atoms with Crippen LogP contribution in [0.2, 0.25) is 0 Å². The van der Waals surface area contributed by atoms with Crippen LogP contribution in [-0.4, -0.2) is 18.5 Å². The summed E-state index contributed by atoms with van der Waals surface area (Å²) in [5.74, 6) is 0.205. The van der Waals surface area contributed by atoms with E-state index in [4.69, 9.17) is 4.74 Å². The van der Waals surface area contributed by atoms with Crippen LogP contribution in [0.25, 0.3) is 6.08 Å². The van der Waals surface area contributed by atoms with E-state index in [1.54, 1.807) is 6.07 Å². The molecule has 3 nitrogen and oxygen atoms in total. The number of ether oxygens (including phenoxy) is 1. The fraction of sp³-hybridized carbons (Fsp3) is 0.250. The molecule has 80 valence electrons. The molecule has 0 spiro atoms. The van der Waals surface area contributed by atoms with E-state index in [1.165, 1.54) is 13.2 Å². The number of phenols is 1. The molecule has 0 aliphatic heterocycles. The first kappa shape index (κ1) is 11.3. The van der Waals surface area contributed by atoms with Crippen molar-refractivity contribution in [3.63, 3.8) is 0 Å². The zero-order chi connectivity index (χ0) is 11.3. The quantitative estimate of drug-likeness (QED) is 0.770. The van der Waals surface area contributed by atoms with Crippen molar-refractivity contribution in [1.82, 2.24) is 0 Å². The van der Waals surface area contributed by atoms with Gasteiger partial charge in [0.05, 0.1) is 12.7 Å². The molecule has 0 aliphatic rings. The lowest BCUT2D eigenvalue weighted by atomic mass is 10.1. The Kier molecular flexibility index (Phi) is 3.92. The van der Waals surface area contributed by atoms with Crippen molar-refractivity contribution < 1.29 is 14.6 Å². The molecule has 0 saturated heterocycles. The maximum absolute atomic E-state index is 10.9. The molecule has 1 N–H and O–H groups in total. The minimum atomic E-state index is -0.0201. The molecule has 0 amide bonds. The summed E-state index contributed by atoms with van der Waals surface area (Å²) in [4.78, 5) is 10.9. The highest BCUT2D eigenvalue weighted by molar-refractivity contribution is 5.87. The minimum Gasteiger partial charge on any atom is -0.504 e. The van der Waals surface area contributed by atoms with E-state index in [0.717, 1.165) is 12.0 Å². The average Bonchev–Trinajstić information content (AvgIpc) is 2.26. The van der Waals surface area contributed by atoms with Gasteiger partial charge < -0.3 is 9.84 Å². The molecule has 0 atom stereocenters. The van der Waals surface area contributed by atoms with Crippen molar-refractivity contribution in [1.29, 1.82) is 0 Å². The van der Waals surface area contributed by atoms with Crippen LogP contribution in [0.1, 0.15) is 29.3 Å². The smallest absolute Gasteiger partial charge is 0.171 e. The van der Waals surface area contributed by atoms with Gasteiger partial charge in [-0.2, -0.15) is 0 Å². The van der Waals surface area contributed by atoms with Crippen LogP contribution >= 0.6 is 0 Å². The Morgan fingerprint density at radius 3 is 2.73 bits per heavy atom. The number of aldehydes is 1. The molecule has 0 fully saturated rings. The second kappa shape index (κ2) is 5.20. The Balaban J connectivity index is 3.28. The number of carbonyl (C=O) groups is 1. The number of methoxy groups -OCH3 is 1. The second-order valence-corrected chi connectivity index (χ2v) is 3.05. The normalized spacial score (nSPS) is 10.5. The molecule has 3 heteroatoms. The molecule has 1 aromatic rings. The number of rotatable bonds is 4. The third kappa shape index (κ3) is 2.37. The molecule has 1 rings (SSSR count). The van der Waals surface area contributed by atoms with Crippen molar-refractivity contribution in [2.45, 2.75) is 13.3 Å². The van der Waals surface area contributed by atoms with E-state index in [0.29, 0.717) is 11.8 Å². The standard InChI is InChI=1S/C12H14O3/c1-3-4-5-9-6-7-11(14)12(15-2)10(9)8-13/h4-8,14H,3H2,1-2H3/b5-4+. The highest BCUT2D eigenvalue weighted by Gasteiger charge is 2.10. The van der Waals surface area contributed by atoms with Crippen molar-refractivity contribution >= 4 is 12.4 Å². The van der Waals surface area contributed by atoms with Crippen molar-refractivity contribution in [2.75, 3.05) is 7.11 Å². The lowest BCUT2D eigenvalue weighted by Crippen LogP contribution is -1.94. The van der Waals surface area contributed by atoms with E-state index < -0.39 is 0 Å². The lowest BCUT2D eigenvalue weighted by molar-refractivity contribution is 0.111. The van der Waals surface area contributed by atoms with Crippen molar-refractivity contribution in [2.24, 2.45) is 0 Å². The van der Waals surface area contributed by atoms with Crippen LogP contribution < -0.4 is 4.74 Å². The van der Waals surface area contributed by atoms with Crippen LogP contribution in [0.4, 0.5) is 0 Å². The molecule has 0 aliphatic carbocycles. The maximum Gasteiger partial charge on any atom is 0.171 e. The number of carbonyl (C=O) groups excluding carboxylic acids is 1. The Bertz CT molecular complexity index is 381. The largest absolute Gasteiger partial charge is 0.504 e. The highest BCUT2D eigenvalue weighted by atomic mass is 16.5. The van der Waals surface area contributed by atoms with Crippen LogP contribution in [0.3, 0.4) is 0 Å². The molecule has 0 heterocycles.